The molecular formula is C12H17N3O2. The van der Waals surface area contributed by atoms with E-state index in [2.05, 4.69) is 16.9 Å². The van der Waals surface area contributed by atoms with Crippen molar-refractivity contribution in [3.05, 3.63) is 34.2 Å². The third kappa shape index (κ3) is 2.94. The van der Waals surface area contributed by atoms with Gasteiger partial charge >= 0.3 is 0 Å². The van der Waals surface area contributed by atoms with Crippen molar-refractivity contribution in [3.8, 4) is 0 Å². The molecule has 1 amide bonds. The Morgan fingerprint density at radius 2 is 2.06 bits per heavy atom. The summed E-state index contributed by atoms with van der Waals surface area (Å²) in [6.07, 6.45) is 2.48. The number of aromatic amines is 1. The van der Waals surface area contributed by atoms with Gasteiger partial charge in [-0.05, 0) is 26.1 Å². The van der Waals surface area contributed by atoms with Gasteiger partial charge in [0.15, 0.2) is 0 Å². The first-order chi connectivity index (χ1) is 8.16. The number of hydrogen-bond donors (Lipinski definition) is 1. The maximum Gasteiger partial charge on any atom is 0.255 e. The van der Waals surface area contributed by atoms with Crippen LogP contribution in [0.2, 0.25) is 0 Å². The first-order valence-electron chi connectivity index (χ1n) is 5.83. The van der Waals surface area contributed by atoms with Gasteiger partial charge < -0.3 is 14.8 Å². The van der Waals surface area contributed by atoms with Crippen molar-refractivity contribution < 1.29 is 4.79 Å². The van der Waals surface area contributed by atoms with Crippen molar-refractivity contribution in [2.45, 2.75) is 6.42 Å². The molecule has 0 unspecified atom stereocenters. The number of nitrogens with one attached hydrogen (secondary N) is 1. The van der Waals surface area contributed by atoms with Crippen molar-refractivity contribution in [2.75, 3.05) is 33.2 Å². The fraction of sp³-hybridized carbons (Fsp3) is 0.500. The van der Waals surface area contributed by atoms with Crippen molar-refractivity contribution in [1.82, 2.24) is 14.8 Å². The van der Waals surface area contributed by atoms with Crippen LogP contribution < -0.4 is 5.56 Å². The Hall–Kier alpha value is -1.62. The first-order valence-corrected chi connectivity index (χ1v) is 5.83. The number of carbonyl (C=O) groups is 1. The molecule has 1 N–H and O–H groups in total. The Kier molecular flexibility index (Phi) is 3.58. The number of aromatic nitrogens is 1. The Bertz CT molecular complexity index is 435. The van der Waals surface area contributed by atoms with E-state index in [1.54, 1.807) is 6.07 Å². The van der Waals surface area contributed by atoms with Crippen molar-refractivity contribution in [3.63, 3.8) is 0 Å². The number of hydrogen-bond acceptors (Lipinski definition) is 3. The number of carbonyl (C=O) groups excluding carboxylic acids is 1. The average molecular weight is 235 g/mol. The van der Waals surface area contributed by atoms with Crippen LogP contribution in [-0.4, -0.2) is 53.9 Å². The number of pyridine rings is 1. The van der Waals surface area contributed by atoms with Crippen molar-refractivity contribution in [2.24, 2.45) is 0 Å². The smallest absolute Gasteiger partial charge is 0.255 e. The molecule has 2 rings (SSSR count). The highest BCUT2D eigenvalue weighted by molar-refractivity contribution is 5.93. The SMILES string of the molecule is CN1CCCN(C(=O)c2ccc(=O)[nH]c2)CC1. The molecule has 1 fully saturated rings. The van der Waals surface area contributed by atoms with Crippen LogP contribution in [0.3, 0.4) is 0 Å². The predicted octanol–water partition coefficient (Wildman–Crippen LogP) is 0.153. The van der Waals surface area contributed by atoms with Gasteiger partial charge in [0, 0.05) is 31.9 Å². The topological polar surface area (TPSA) is 56.4 Å². The highest BCUT2D eigenvalue weighted by Crippen LogP contribution is 2.06. The number of rotatable bonds is 1. The second-order valence-corrected chi connectivity index (χ2v) is 4.39. The summed E-state index contributed by atoms with van der Waals surface area (Å²) in [4.78, 5) is 29.7. The quantitative estimate of drug-likeness (QED) is 0.754. The summed E-state index contributed by atoms with van der Waals surface area (Å²) in [7, 11) is 2.06. The molecule has 0 spiro atoms. The van der Waals surface area contributed by atoms with E-state index in [1.165, 1.54) is 12.3 Å². The second kappa shape index (κ2) is 5.14. The Balaban J connectivity index is 2.08. The predicted molar refractivity (Wildman–Crippen MR) is 65.1 cm³/mol. The fourth-order valence-electron chi connectivity index (χ4n) is 1.98. The summed E-state index contributed by atoms with van der Waals surface area (Å²) in [5, 5.41) is 0. The molecule has 0 aromatic carbocycles. The molecule has 5 nitrogen and oxygen atoms in total. The van der Waals surface area contributed by atoms with Crippen LogP contribution in [-0.2, 0) is 0 Å². The van der Waals surface area contributed by atoms with Crippen molar-refractivity contribution >= 4 is 5.91 Å². The van der Waals surface area contributed by atoms with Gasteiger partial charge in [0.2, 0.25) is 5.56 Å². The molecule has 92 valence electrons. The van der Waals surface area contributed by atoms with E-state index < -0.39 is 0 Å². The summed E-state index contributed by atoms with van der Waals surface area (Å²) in [5.74, 6) is -0.00319. The highest BCUT2D eigenvalue weighted by Gasteiger charge is 2.18. The Morgan fingerprint density at radius 3 is 2.76 bits per heavy atom. The lowest BCUT2D eigenvalue weighted by molar-refractivity contribution is 0.0762. The van der Waals surface area contributed by atoms with Gasteiger partial charge in [-0.3, -0.25) is 9.59 Å². The molecule has 1 aliphatic heterocycles. The molecule has 5 heteroatoms. The highest BCUT2D eigenvalue weighted by atomic mass is 16.2. The molecule has 1 saturated heterocycles. The monoisotopic (exact) mass is 235 g/mol. The third-order valence-corrected chi connectivity index (χ3v) is 3.04. The standard InChI is InChI=1S/C12H17N3O2/c1-14-5-2-6-15(8-7-14)12(17)10-3-4-11(16)13-9-10/h3-4,9H,2,5-8H2,1H3,(H,13,16). The molecule has 17 heavy (non-hydrogen) atoms. The van der Waals surface area contributed by atoms with E-state index in [0.29, 0.717) is 5.56 Å². The van der Waals surface area contributed by atoms with Crippen LogP contribution in [0.1, 0.15) is 16.8 Å². The van der Waals surface area contributed by atoms with Crippen LogP contribution in [0.25, 0.3) is 0 Å². The maximum absolute atomic E-state index is 12.2. The van der Waals surface area contributed by atoms with Crippen LogP contribution in [0.4, 0.5) is 0 Å². The van der Waals surface area contributed by atoms with Gasteiger partial charge in [0.25, 0.3) is 5.91 Å². The molecule has 1 aromatic heterocycles. The lowest BCUT2D eigenvalue weighted by Crippen LogP contribution is -2.34. The zero-order chi connectivity index (χ0) is 12.3. The minimum atomic E-state index is -0.183. The molecule has 0 bridgehead atoms. The molecule has 0 saturated carbocycles. The Morgan fingerprint density at radius 1 is 1.24 bits per heavy atom. The van der Waals surface area contributed by atoms with Gasteiger partial charge in [0.05, 0.1) is 5.56 Å². The van der Waals surface area contributed by atoms with E-state index in [0.717, 1.165) is 32.6 Å². The Labute approximate surface area is 100 Å². The lowest BCUT2D eigenvalue weighted by Gasteiger charge is -2.20. The van der Waals surface area contributed by atoms with Crippen LogP contribution in [0, 0.1) is 0 Å². The average Bonchev–Trinajstić information content (AvgIpc) is 2.54. The molecule has 2 heterocycles. The third-order valence-electron chi connectivity index (χ3n) is 3.04. The first kappa shape index (κ1) is 11.9. The van der Waals surface area contributed by atoms with Crippen LogP contribution >= 0.6 is 0 Å². The summed E-state index contributed by atoms with van der Waals surface area (Å²) in [6, 6.07) is 2.97. The van der Waals surface area contributed by atoms with Gasteiger partial charge in [-0.1, -0.05) is 0 Å². The minimum absolute atomic E-state index is 0.00319. The molecular weight excluding hydrogens is 218 g/mol. The van der Waals surface area contributed by atoms with Crippen molar-refractivity contribution in [1.29, 1.82) is 0 Å². The largest absolute Gasteiger partial charge is 0.337 e. The molecule has 0 atom stereocenters. The fourth-order valence-corrected chi connectivity index (χ4v) is 1.98. The summed E-state index contributed by atoms with van der Waals surface area (Å²) >= 11 is 0. The van der Waals surface area contributed by atoms with Gasteiger partial charge in [-0.15, -0.1) is 0 Å². The summed E-state index contributed by atoms with van der Waals surface area (Å²) < 4.78 is 0. The summed E-state index contributed by atoms with van der Waals surface area (Å²) in [5.41, 5.74) is 0.367. The number of H-pyrrole nitrogens is 1. The second-order valence-electron chi connectivity index (χ2n) is 4.39. The van der Waals surface area contributed by atoms with Gasteiger partial charge in [-0.25, -0.2) is 0 Å². The van der Waals surface area contributed by atoms with Crippen LogP contribution in [0.5, 0.6) is 0 Å². The van der Waals surface area contributed by atoms with E-state index in [9.17, 15) is 9.59 Å². The van der Waals surface area contributed by atoms with Crippen LogP contribution in [0.15, 0.2) is 23.1 Å². The zero-order valence-electron chi connectivity index (χ0n) is 9.98. The number of nitrogens with zero attached hydrogens (tertiary/aromatic N) is 2. The van der Waals surface area contributed by atoms with E-state index in [-0.39, 0.29) is 11.5 Å². The minimum Gasteiger partial charge on any atom is -0.337 e. The number of likely N-dealkylation sites (N-methyl/N-ethyl adjacent to an activating group) is 1. The number of amides is 1. The molecule has 0 radical (unpaired) electrons. The zero-order valence-corrected chi connectivity index (χ0v) is 9.98. The van der Waals surface area contributed by atoms with Gasteiger partial charge in [-0.2, -0.15) is 0 Å². The maximum atomic E-state index is 12.2. The van der Waals surface area contributed by atoms with E-state index >= 15 is 0 Å². The lowest BCUT2D eigenvalue weighted by atomic mass is 10.2. The normalized spacial score (nSPS) is 17.8. The summed E-state index contributed by atoms with van der Waals surface area (Å²) in [6.45, 7) is 3.45. The molecule has 0 aliphatic carbocycles. The van der Waals surface area contributed by atoms with Gasteiger partial charge in [0.1, 0.15) is 0 Å². The van der Waals surface area contributed by atoms with E-state index in [1.807, 2.05) is 4.90 Å². The van der Waals surface area contributed by atoms with E-state index in [4.69, 9.17) is 0 Å². The molecule has 1 aromatic rings. The molecule has 1 aliphatic rings.